The number of nitrogens with two attached hydrogens (primary N) is 1. The minimum Gasteiger partial charge on any atom is -0.373 e. The molecular weight excluding hydrogens is 280 g/mol. The van der Waals surface area contributed by atoms with Gasteiger partial charge in [-0.2, -0.15) is 0 Å². The first-order valence-corrected chi connectivity index (χ1v) is 6.66. The Morgan fingerprint density at radius 1 is 1.47 bits per heavy atom. The zero-order chi connectivity index (χ0) is 12.8. The summed E-state index contributed by atoms with van der Waals surface area (Å²) in [6, 6.07) is 7.40. The molecule has 1 amide bonds. The number of carbonyl (C=O) groups excluding carboxylic acids is 1. The number of halogens is 1. The molecule has 4 heteroatoms. The van der Waals surface area contributed by atoms with E-state index >= 15 is 0 Å². The van der Waals surface area contributed by atoms with E-state index in [1.165, 1.54) is 0 Å². The van der Waals surface area contributed by atoms with Crippen LogP contribution in [0.15, 0.2) is 28.7 Å². The molecule has 3 N–H and O–H groups in total. The maximum absolute atomic E-state index is 11.5. The highest BCUT2D eigenvalue weighted by molar-refractivity contribution is 9.10. The summed E-state index contributed by atoms with van der Waals surface area (Å²) in [5.41, 5.74) is 6.35. The van der Waals surface area contributed by atoms with Gasteiger partial charge in [0.1, 0.15) is 6.04 Å². The average molecular weight is 299 g/mol. The Bertz CT molecular complexity index is 381. The van der Waals surface area contributed by atoms with E-state index < -0.39 is 0 Å². The standard InChI is InChI=1S/C13H19BrN2O/c1-3-6-9(2)12(13(15)17)16-11-8-5-4-7-10(11)14/h4-5,7-9,12,16H,3,6H2,1-2H3,(H2,15,17). The molecule has 0 bridgehead atoms. The number of rotatable bonds is 6. The average Bonchev–Trinajstić information content (AvgIpc) is 2.27. The lowest BCUT2D eigenvalue weighted by molar-refractivity contribution is -0.119. The molecule has 1 aromatic carbocycles. The van der Waals surface area contributed by atoms with E-state index in [1.807, 2.05) is 31.2 Å². The summed E-state index contributed by atoms with van der Waals surface area (Å²) in [5.74, 6) is -0.0775. The van der Waals surface area contributed by atoms with Crippen LogP contribution in [0.4, 0.5) is 5.69 Å². The van der Waals surface area contributed by atoms with E-state index in [9.17, 15) is 4.79 Å². The van der Waals surface area contributed by atoms with E-state index in [-0.39, 0.29) is 17.9 Å². The van der Waals surface area contributed by atoms with Gasteiger partial charge in [0.25, 0.3) is 0 Å². The number of carbonyl (C=O) groups is 1. The zero-order valence-electron chi connectivity index (χ0n) is 10.2. The maximum atomic E-state index is 11.5. The van der Waals surface area contributed by atoms with Crippen molar-refractivity contribution in [3.63, 3.8) is 0 Å². The molecule has 0 aliphatic rings. The Morgan fingerprint density at radius 2 is 2.12 bits per heavy atom. The topological polar surface area (TPSA) is 55.1 Å². The van der Waals surface area contributed by atoms with Crippen molar-refractivity contribution in [2.75, 3.05) is 5.32 Å². The lowest BCUT2D eigenvalue weighted by Gasteiger charge is -2.23. The molecule has 94 valence electrons. The molecule has 2 unspecified atom stereocenters. The Morgan fingerprint density at radius 3 is 2.65 bits per heavy atom. The van der Waals surface area contributed by atoms with Crippen LogP contribution in [-0.4, -0.2) is 11.9 Å². The van der Waals surface area contributed by atoms with E-state index in [2.05, 4.69) is 28.2 Å². The minimum atomic E-state index is -0.325. The first-order chi connectivity index (χ1) is 8.06. The fraction of sp³-hybridized carbons (Fsp3) is 0.462. The normalized spacial score (nSPS) is 14.1. The van der Waals surface area contributed by atoms with Crippen molar-refractivity contribution in [1.29, 1.82) is 0 Å². The predicted molar refractivity (Wildman–Crippen MR) is 74.8 cm³/mol. The summed E-state index contributed by atoms with van der Waals surface area (Å²) in [5, 5.41) is 3.21. The number of amides is 1. The van der Waals surface area contributed by atoms with Crippen molar-refractivity contribution in [3.05, 3.63) is 28.7 Å². The van der Waals surface area contributed by atoms with Gasteiger partial charge in [-0.3, -0.25) is 4.79 Å². The Kier molecular flexibility index (Phi) is 5.48. The van der Waals surface area contributed by atoms with Crippen LogP contribution in [0.25, 0.3) is 0 Å². The van der Waals surface area contributed by atoms with Crippen LogP contribution in [0.1, 0.15) is 26.7 Å². The summed E-state index contributed by atoms with van der Waals surface area (Å²) in [4.78, 5) is 11.5. The predicted octanol–water partition coefficient (Wildman–Crippen LogP) is 3.15. The molecule has 0 aliphatic heterocycles. The van der Waals surface area contributed by atoms with Gasteiger partial charge in [-0.1, -0.05) is 32.4 Å². The summed E-state index contributed by atoms with van der Waals surface area (Å²) in [6.45, 7) is 4.15. The van der Waals surface area contributed by atoms with Crippen molar-refractivity contribution >= 4 is 27.5 Å². The van der Waals surface area contributed by atoms with Gasteiger partial charge in [-0.25, -0.2) is 0 Å². The van der Waals surface area contributed by atoms with E-state index in [1.54, 1.807) is 0 Å². The third-order valence-corrected chi connectivity index (χ3v) is 3.50. The monoisotopic (exact) mass is 298 g/mol. The second kappa shape index (κ2) is 6.64. The van der Waals surface area contributed by atoms with Crippen LogP contribution in [-0.2, 0) is 4.79 Å². The van der Waals surface area contributed by atoms with Crippen LogP contribution in [0.3, 0.4) is 0 Å². The molecule has 0 aliphatic carbocycles. The van der Waals surface area contributed by atoms with Gasteiger partial charge in [0.15, 0.2) is 0 Å². The Hall–Kier alpha value is -1.03. The number of anilines is 1. The molecular formula is C13H19BrN2O. The van der Waals surface area contributed by atoms with Crippen molar-refractivity contribution in [1.82, 2.24) is 0 Å². The van der Waals surface area contributed by atoms with Crippen molar-refractivity contribution < 1.29 is 4.79 Å². The number of hydrogen-bond acceptors (Lipinski definition) is 2. The second-order valence-electron chi connectivity index (χ2n) is 4.27. The fourth-order valence-electron chi connectivity index (χ4n) is 1.86. The molecule has 0 radical (unpaired) electrons. The second-order valence-corrected chi connectivity index (χ2v) is 5.12. The van der Waals surface area contributed by atoms with Gasteiger partial charge in [0.05, 0.1) is 0 Å². The molecule has 1 aromatic rings. The molecule has 1 rings (SSSR count). The Balaban J connectivity index is 2.80. The van der Waals surface area contributed by atoms with Crippen LogP contribution in [0.2, 0.25) is 0 Å². The quantitative estimate of drug-likeness (QED) is 0.848. The van der Waals surface area contributed by atoms with Gasteiger partial charge < -0.3 is 11.1 Å². The number of benzene rings is 1. The summed E-state index contributed by atoms with van der Waals surface area (Å²) in [6.07, 6.45) is 2.02. The molecule has 2 atom stereocenters. The summed E-state index contributed by atoms with van der Waals surface area (Å²) in [7, 11) is 0. The number of primary amides is 1. The first kappa shape index (κ1) is 14.0. The van der Waals surface area contributed by atoms with E-state index in [0.29, 0.717) is 0 Å². The van der Waals surface area contributed by atoms with Crippen LogP contribution < -0.4 is 11.1 Å². The molecule has 0 aromatic heterocycles. The smallest absolute Gasteiger partial charge is 0.240 e. The maximum Gasteiger partial charge on any atom is 0.240 e. The van der Waals surface area contributed by atoms with Gasteiger partial charge in [0, 0.05) is 10.2 Å². The van der Waals surface area contributed by atoms with Crippen molar-refractivity contribution in [3.8, 4) is 0 Å². The highest BCUT2D eigenvalue weighted by Gasteiger charge is 2.22. The van der Waals surface area contributed by atoms with Gasteiger partial charge in [-0.05, 0) is 40.4 Å². The van der Waals surface area contributed by atoms with Crippen LogP contribution in [0, 0.1) is 5.92 Å². The SMILES string of the molecule is CCCC(C)C(Nc1ccccc1Br)C(N)=O. The number of para-hydroxylation sites is 1. The Labute approximate surface area is 111 Å². The minimum absolute atomic E-state index is 0.226. The molecule has 0 saturated carbocycles. The summed E-state index contributed by atoms with van der Waals surface area (Å²) < 4.78 is 0.940. The highest BCUT2D eigenvalue weighted by atomic mass is 79.9. The van der Waals surface area contributed by atoms with Gasteiger partial charge in [0.2, 0.25) is 5.91 Å². The van der Waals surface area contributed by atoms with Crippen LogP contribution >= 0.6 is 15.9 Å². The van der Waals surface area contributed by atoms with Crippen LogP contribution in [0.5, 0.6) is 0 Å². The number of hydrogen-bond donors (Lipinski definition) is 2. The van der Waals surface area contributed by atoms with E-state index in [0.717, 1.165) is 23.0 Å². The van der Waals surface area contributed by atoms with Gasteiger partial charge >= 0.3 is 0 Å². The van der Waals surface area contributed by atoms with Gasteiger partial charge in [-0.15, -0.1) is 0 Å². The number of nitrogens with one attached hydrogen (secondary N) is 1. The van der Waals surface area contributed by atoms with Crippen molar-refractivity contribution in [2.24, 2.45) is 11.7 Å². The largest absolute Gasteiger partial charge is 0.373 e. The summed E-state index contributed by atoms with van der Waals surface area (Å²) >= 11 is 3.45. The molecule has 0 fully saturated rings. The lowest BCUT2D eigenvalue weighted by atomic mass is 9.96. The first-order valence-electron chi connectivity index (χ1n) is 5.86. The lowest BCUT2D eigenvalue weighted by Crippen LogP contribution is -2.40. The third-order valence-electron chi connectivity index (χ3n) is 2.80. The fourth-order valence-corrected chi connectivity index (χ4v) is 2.26. The molecule has 3 nitrogen and oxygen atoms in total. The third kappa shape index (κ3) is 4.04. The van der Waals surface area contributed by atoms with Crippen molar-refractivity contribution in [2.45, 2.75) is 32.7 Å². The zero-order valence-corrected chi connectivity index (χ0v) is 11.8. The van der Waals surface area contributed by atoms with E-state index in [4.69, 9.17) is 5.73 Å². The molecule has 17 heavy (non-hydrogen) atoms. The molecule has 0 saturated heterocycles. The highest BCUT2D eigenvalue weighted by Crippen LogP contribution is 2.24. The molecule has 0 heterocycles. The molecule has 0 spiro atoms.